The zero-order valence-corrected chi connectivity index (χ0v) is 31.6. The van der Waals surface area contributed by atoms with E-state index in [1.165, 1.54) is 80.7 Å². The highest BCUT2D eigenvalue weighted by Crippen LogP contribution is 2.51. The molecule has 2 heterocycles. The Morgan fingerprint density at radius 3 is 1.72 bits per heavy atom. The van der Waals surface area contributed by atoms with E-state index in [0.29, 0.717) is 0 Å². The molecule has 0 aliphatic carbocycles. The van der Waals surface area contributed by atoms with Crippen molar-refractivity contribution < 1.29 is 0 Å². The monoisotopic (exact) mass is 711 g/mol. The van der Waals surface area contributed by atoms with Crippen molar-refractivity contribution in [2.45, 2.75) is 13.1 Å². The summed E-state index contributed by atoms with van der Waals surface area (Å²) >= 11 is 1.87. The summed E-state index contributed by atoms with van der Waals surface area (Å²) in [6.45, 7) is 5.01. The van der Waals surface area contributed by atoms with Crippen LogP contribution >= 0.6 is 11.3 Å². The average molecular weight is 712 g/mol. The van der Waals surface area contributed by atoms with Crippen LogP contribution in [0.15, 0.2) is 188 Å². The summed E-state index contributed by atoms with van der Waals surface area (Å²) in [6.07, 6.45) is 0. The smallest absolute Gasteiger partial charge is 0.113 e. The second-order valence-electron chi connectivity index (χ2n) is 14.5. The lowest BCUT2D eigenvalue weighted by Gasteiger charge is -2.32. The van der Waals surface area contributed by atoms with Gasteiger partial charge in [-0.15, -0.1) is 11.3 Å². The molecule has 1 nitrogen and oxygen atoms in total. The van der Waals surface area contributed by atoms with Gasteiger partial charge in [-0.3, -0.25) is 0 Å². The van der Waals surface area contributed by atoms with Gasteiger partial charge in [0, 0.05) is 37.0 Å². The summed E-state index contributed by atoms with van der Waals surface area (Å²) in [7, 11) is -1.95. The lowest BCUT2D eigenvalue weighted by Crippen LogP contribution is -2.49. The number of nitrogens with zero attached hydrogens (tertiary/aromatic N) is 1. The standard InChI is InChI=1S/C50H37NSSi/c1-53(2)47-29-14-12-24-41(47)50-44(27-16-30-48(50)53)51(36-31-32-46-42(33-36)39-22-11-13-28-45(39)52-46)43-26-15-25-38(35-19-7-4-8-20-35)49(43)40-23-10-9-21-37(40)34-17-5-3-6-18-34/h3-33H,1-2H3. The summed E-state index contributed by atoms with van der Waals surface area (Å²) in [5, 5.41) is 5.60. The topological polar surface area (TPSA) is 3.24 Å². The van der Waals surface area contributed by atoms with Crippen LogP contribution in [0, 0.1) is 0 Å². The highest BCUT2D eigenvalue weighted by Gasteiger charge is 2.39. The second-order valence-corrected chi connectivity index (χ2v) is 19.9. The first kappa shape index (κ1) is 31.7. The van der Waals surface area contributed by atoms with Gasteiger partial charge < -0.3 is 4.90 Å². The molecule has 0 saturated carbocycles. The predicted octanol–water partition coefficient (Wildman–Crippen LogP) is 13.3. The molecular formula is C50H37NSSi. The van der Waals surface area contributed by atoms with Gasteiger partial charge in [0.15, 0.2) is 0 Å². The lowest BCUT2D eigenvalue weighted by molar-refractivity contribution is 1.29. The van der Waals surface area contributed by atoms with Gasteiger partial charge in [0.1, 0.15) is 8.07 Å². The van der Waals surface area contributed by atoms with Crippen molar-refractivity contribution in [3.63, 3.8) is 0 Å². The van der Waals surface area contributed by atoms with Gasteiger partial charge in [0.2, 0.25) is 0 Å². The second kappa shape index (κ2) is 12.6. The molecule has 9 aromatic rings. The Kier molecular flexibility index (Phi) is 7.53. The molecule has 0 saturated heterocycles. The first-order valence-electron chi connectivity index (χ1n) is 18.4. The number of hydrogen-bond donors (Lipinski definition) is 0. The molecule has 10 rings (SSSR count). The van der Waals surface area contributed by atoms with E-state index in [9.17, 15) is 0 Å². The van der Waals surface area contributed by atoms with Crippen LogP contribution in [0.3, 0.4) is 0 Å². The summed E-state index contributed by atoms with van der Waals surface area (Å²) in [6, 6.07) is 69.6. The van der Waals surface area contributed by atoms with E-state index in [0.717, 1.165) is 11.4 Å². The maximum absolute atomic E-state index is 2.57. The summed E-state index contributed by atoms with van der Waals surface area (Å²) < 4.78 is 2.62. The molecule has 0 bridgehead atoms. The molecule has 1 aliphatic rings. The van der Waals surface area contributed by atoms with E-state index >= 15 is 0 Å². The SMILES string of the molecule is C[Si]1(C)c2ccccc2-c2c(N(c3ccc4sc5ccccc5c4c3)c3cccc(-c4ccccc4)c3-c3ccccc3-c3ccccc3)cccc21. The number of benzene rings is 8. The Balaban J connectivity index is 1.33. The molecule has 0 unspecified atom stereocenters. The fourth-order valence-corrected chi connectivity index (χ4v) is 12.8. The van der Waals surface area contributed by atoms with Crippen molar-refractivity contribution in [2.75, 3.05) is 4.90 Å². The van der Waals surface area contributed by atoms with E-state index in [2.05, 4.69) is 206 Å². The number of fused-ring (bicyclic) bond motifs is 6. The van der Waals surface area contributed by atoms with Crippen LogP contribution in [0.2, 0.25) is 13.1 Å². The predicted molar refractivity (Wildman–Crippen MR) is 233 cm³/mol. The van der Waals surface area contributed by atoms with Gasteiger partial charge >= 0.3 is 0 Å². The Bertz CT molecular complexity index is 2820. The van der Waals surface area contributed by atoms with Crippen molar-refractivity contribution in [1.29, 1.82) is 0 Å². The minimum absolute atomic E-state index is 1.15. The molecule has 1 aromatic heterocycles. The van der Waals surface area contributed by atoms with Gasteiger partial charge in [0.05, 0.1) is 11.4 Å². The van der Waals surface area contributed by atoms with Crippen LogP contribution in [0.5, 0.6) is 0 Å². The molecule has 53 heavy (non-hydrogen) atoms. The van der Waals surface area contributed by atoms with Crippen LogP contribution in [0.25, 0.3) is 64.7 Å². The highest BCUT2D eigenvalue weighted by atomic mass is 32.1. The van der Waals surface area contributed by atoms with Crippen LogP contribution in [-0.2, 0) is 0 Å². The van der Waals surface area contributed by atoms with Crippen molar-refractivity contribution >= 4 is 67.0 Å². The molecule has 252 valence electrons. The zero-order chi connectivity index (χ0) is 35.5. The van der Waals surface area contributed by atoms with E-state index in [1.807, 2.05) is 11.3 Å². The number of thiophene rings is 1. The Hall–Kier alpha value is -6.00. The molecule has 0 fully saturated rings. The normalized spacial score (nSPS) is 12.9. The van der Waals surface area contributed by atoms with E-state index in [1.54, 1.807) is 0 Å². The van der Waals surface area contributed by atoms with Gasteiger partial charge in [-0.25, -0.2) is 0 Å². The molecule has 0 radical (unpaired) electrons. The van der Waals surface area contributed by atoms with Crippen molar-refractivity contribution in [3.05, 3.63) is 188 Å². The van der Waals surface area contributed by atoms with Crippen LogP contribution in [0.1, 0.15) is 0 Å². The number of anilines is 3. The molecule has 8 aromatic carbocycles. The molecule has 3 heteroatoms. The third-order valence-corrected chi connectivity index (χ3v) is 15.8. The van der Waals surface area contributed by atoms with E-state index < -0.39 is 8.07 Å². The third-order valence-electron chi connectivity index (χ3n) is 11.1. The van der Waals surface area contributed by atoms with Gasteiger partial charge in [-0.1, -0.05) is 165 Å². The van der Waals surface area contributed by atoms with Gasteiger partial charge in [-0.2, -0.15) is 0 Å². The van der Waals surface area contributed by atoms with Crippen molar-refractivity contribution in [2.24, 2.45) is 0 Å². The highest BCUT2D eigenvalue weighted by molar-refractivity contribution is 7.25. The maximum Gasteiger partial charge on any atom is 0.113 e. The summed E-state index contributed by atoms with van der Waals surface area (Å²) in [5.41, 5.74) is 13.5. The first-order chi connectivity index (χ1) is 26.1. The molecule has 0 N–H and O–H groups in total. The van der Waals surface area contributed by atoms with Crippen LogP contribution in [-0.4, -0.2) is 8.07 Å². The Morgan fingerprint density at radius 1 is 0.396 bits per heavy atom. The van der Waals surface area contributed by atoms with Gasteiger partial charge in [-0.05, 0) is 80.2 Å². The molecule has 1 aliphatic heterocycles. The van der Waals surface area contributed by atoms with Crippen LogP contribution < -0.4 is 15.3 Å². The van der Waals surface area contributed by atoms with Crippen LogP contribution in [0.4, 0.5) is 17.1 Å². The zero-order valence-electron chi connectivity index (χ0n) is 29.8. The largest absolute Gasteiger partial charge is 0.309 e. The van der Waals surface area contributed by atoms with E-state index in [-0.39, 0.29) is 0 Å². The third kappa shape index (κ3) is 5.11. The fourth-order valence-electron chi connectivity index (χ4n) is 8.62. The number of rotatable bonds is 6. The quantitative estimate of drug-likeness (QED) is 0.155. The van der Waals surface area contributed by atoms with E-state index in [4.69, 9.17) is 0 Å². The average Bonchev–Trinajstić information content (AvgIpc) is 3.70. The maximum atomic E-state index is 2.57. The first-order valence-corrected chi connectivity index (χ1v) is 22.2. The minimum Gasteiger partial charge on any atom is -0.309 e. The fraction of sp³-hybridized carbons (Fsp3) is 0.0400. The molecule has 0 spiro atoms. The summed E-state index contributed by atoms with van der Waals surface area (Å²) in [4.78, 5) is 2.57. The molecular weight excluding hydrogens is 675 g/mol. The Morgan fingerprint density at radius 2 is 0.943 bits per heavy atom. The Labute approximate surface area is 316 Å². The summed E-state index contributed by atoms with van der Waals surface area (Å²) in [5.74, 6) is 0. The number of hydrogen-bond acceptors (Lipinski definition) is 2. The van der Waals surface area contributed by atoms with Crippen molar-refractivity contribution in [1.82, 2.24) is 0 Å². The van der Waals surface area contributed by atoms with Gasteiger partial charge in [0.25, 0.3) is 0 Å². The molecule has 0 amide bonds. The minimum atomic E-state index is -1.95. The molecule has 0 atom stereocenters. The lowest BCUT2D eigenvalue weighted by atomic mass is 9.87. The van der Waals surface area contributed by atoms with Crippen molar-refractivity contribution in [3.8, 4) is 44.5 Å².